The number of pyridine rings is 1. The number of rotatable bonds is 2. The summed E-state index contributed by atoms with van der Waals surface area (Å²) in [5.74, 6) is 1.33. The number of likely N-dealkylation sites (tertiary alicyclic amines) is 1. The van der Waals surface area contributed by atoms with Crippen LogP contribution in [0.4, 0.5) is 4.39 Å². The van der Waals surface area contributed by atoms with Crippen molar-refractivity contribution in [3.8, 4) is 5.75 Å². The molecule has 3 aliphatic rings. The fraction of sp³-hybridized carbons (Fsp3) is 0.450. The molecule has 4 heterocycles. The molecule has 3 aliphatic heterocycles. The van der Waals surface area contributed by atoms with Crippen LogP contribution in [0.3, 0.4) is 0 Å². The van der Waals surface area contributed by atoms with Crippen molar-refractivity contribution in [1.29, 1.82) is 0 Å². The summed E-state index contributed by atoms with van der Waals surface area (Å²) >= 11 is 0. The Labute approximate surface area is 150 Å². The van der Waals surface area contributed by atoms with Crippen molar-refractivity contribution in [3.63, 3.8) is 0 Å². The number of nitrogens with zero attached hydrogens (tertiary/aromatic N) is 2. The van der Waals surface area contributed by atoms with E-state index >= 15 is 0 Å². The molecule has 0 saturated carbocycles. The standard InChI is InChI=1S/C20H21FN2O3/c21-17-5-15(20-16(6-17)11-25-12-26-20)10-22-7-13-4-14(9-22)18-2-1-3-19(24)23(18)8-13/h1-3,5-6,13-14H,4,7-12H2/t13-,14-/m0/s1. The first-order chi connectivity index (χ1) is 12.7. The molecule has 0 N–H and O–H groups in total. The molecule has 0 radical (unpaired) electrons. The maximum atomic E-state index is 14.0. The quantitative estimate of drug-likeness (QED) is 0.829. The molecule has 0 aliphatic carbocycles. The molecule has 5 nitrogen and oxygen atoms in total. The lowest BCUT2D eigenvalue weighted by molar-refractivity contribution is -0.0179. The fourth-order valence-corrected chi connectivity index (χ4v) is 4.74. The highest BCUT2D eigenvalue weighted by Crippen LogP contribution is 2.37. The van der Waals surface area contributed by atoms with Gasteiger partial charge in [0.05, 0.1) is 6.61 Å². The van der Waals surface area contributed by atoms with Gasteiger partial charge in [-0.05, 0) is 30.5 Å². The van der Waals surface area contributed by atoms with Crippen LogP contribution >= 0.6 is 0 Å². The maximum absolute atomic E-state index is 14.0. The molecule has 0 spiro atoms. The number of piperidine rings is 1. The molecular formula is C20H21FN2O3. The third-order valence-electron chi connectivity index (χ3n) is 5.70. The Hall–Kier alpha value is -2.18. The number of aromatic nitrogens is 1. The lowest BCUT2D eigenvalue weighted by atomic mass is 9.83. The Kier molecular flexibility index (Phi) is 3.83. The van der Waals surface area contributed by atoms with Crippen molar-refractivity contribution in [3.05, 3.63) is 63.3 Å². The first-order valence-electron chi connectivity index (χ1n) is 9.11. The molecular weight excluding hydrogens is 335 g/mol. The van der Waals surface area contributed by atoms with Crippen molar-refractivity contribution < 1.29 is 13.9 Å². The first-order valence-corrected chi connectivity index (χ1v) is 9.11. The van der Waals surface area contributed by atoms with Crippen LogP contribution in [0.2, 0.25) is 0 Å². The third kappa shape index (κ3) is 2.73. The van der Waals surface area contributed by atoms with E-state index in [-0.39, 0.29) is 18.2 Å². The number of hydrogen-bond donors (Lipinski definition) is 0. The molecule has 2 bridgehead atoms. The van der Waals surface area contributed by atoms with E-state index in [1.165, 1.54) is 6.07 Å². The highest BCUT2D eigenvalue weighted by Gasteiger charge is 2.34. The molecule has 1 aromatic carbocycles. The van der Waals surface area contributed by atoms with Crippen LogP contribution in [-0.4, -0.2) is 29.3 Å². The summed E-state index contributed by atoms with van der Waals surface area (Å²) < 4.78 is 26.9. The molecule has 1 fully saturated rings. The Balaban J connectivity index is 1.42. The monoisotopic (exact) mass is 356 g/mol. The van der Waals surface area contributed by atoms with E-state index in [9.17, 15) is 9.18 Å². The highest BCUT2D eigenvalue weighted by atomic mass is 19.1. The van der Waals surface area contributed by atoms with Crippen molar-refractivity contribution >= 4 is 0 Å². The predicted molar refractivity (Wildman–Crippen MR) is 93.5 cm³/mol. The average Bonchev–Trinajstić information content (AvgIpc) is 2.62. The smallest absolute Gasteiger partial charge is 0.250 e. The molecule has 136 valence electrons. The van der Waals surface area contributed by atoms with Gasteiger partial charge in [0.25, 0.3) is 5.56 Å². The summed E-state index contributed by atoms with van der Waals surface area (Å²) in [6.45, 7) is 3.83. The van der Waals surface area contributed by atoms with Crippen LogP contribution in [0.1, 0.15) is 29.2 Å². The highest BCUT2D eigenvalue weighted by molar-refractivity contribution is 5.42. The molecule has 6 heteroatoms. The van der Waals surface area contributed by atoms with Crippen molar-refractivity contribution in [2.45, 2.75) is 32.0 Å². The van der Waals surface area contributed by atoms with Crippen LogP contribution in [0, 0.1) is 11.7 Å². The lowest BCUT2D eigenvalue weighted by Gasteiger charge is -2.43. The van der Waals surface area contributed by atoms with Gasteiger partial charge >= 0.3 is 0 Å². The summed E-state index contributed by atoms with van der Waals surface area (Å²) in [6.07, 6.45) is 1.12. The Morgan fingerprint density at radius 3 is 3.04 bits per heavy atom. The van der Waals surface area contributed by atoms with E-state index in [1.54, 1.807) is 12.1 Å². The molecule has 5 rings (SSSR count). The zero-order chi connectivity index (χ0) is 17.7. The maximum Gasteiger partial charge on any atom is 0.250 e. The van der Waals surface area contributed by atoms with E-state index < -0.39 is 0 Å². The molecule has 26 heavy (non-hydrogen) atoms. The lowest BCUT2D eigenvalue weighted by Crippen LogP contribution is -2.46. The molecule has 0 unspecified atom stereocenters. The SMILES string of the molecule is O=c1cccc2n1C[C@H]1C[C@H]2CN(Cc2cc(F)cc3c2OCOC3)C1. The Morgan fingerprint density at radius 2 is 2.12 bits per heavy atom. The summed E-state index contributed by atoms with van der Waals surface area (Å²) in [7, 11) is 0. The van der Waals surface area contributed by atoms with Crippen LogP contribution in [0.15, 0.2) is 35.1 Å². The van der Waals surface area contributed by atoms with Gasteiger partial charge in [-0.15, -0.1) is 0 Å². The van der Waals surface area contributed by atoms with Crippen LogP contribution in [-0.2, 0) is 24.4 Å². The normalized spacial score (nSPS) is 24.5. The second-order valence-electron chi connectivity index (χ2n) is 7.56. The summed E-state index contributed by atoms with van der Waals surface area (Å²) in [5.41, 5.74) is 2.89. The van der Waals surface area contributed by atoms with E-state index in [1.807, 2.05) is 10.6 Å². The number of ether oxygens (including phenoxy) is 2. The van der Waals surface area contributed by atoms with Gasteiger partial charge in [-0.3, -0.25) is 9.69 Å². The number of benzene rings is 1. The van der Waals surface area contributed by atoms with Crippen LogP contribution < -0.4 is 10.3 Å². The van der Waals surface area contributed by atoms with Gasteiger partial charge in [0.15, 0.2) is 6.79 Å². The number of fused-ring (bicyclic) bond motifs is 5. The van der Waals surface area contributed by atoms with Crippen LogP contribution in [0.25, 0.3) is 0 Å². The van der Waals surface area contributed by atoms with Crippen molar-refractivity contribution in [1.82, 2.24) is 9.47 Å². The fourth-order valence-electron chi connectivity index (χ4n) is 4.74. The predicted octanol–water partition coefficient (Wildman–Crippen LogP) is 2.47. The van der Waals surface area contributed by atoms with Gasteiger partial charge in [-0.25, -0.2) is 4.39 Å². The molecule has 1 aromatic heterocycles. The van der Waals surface area contributed by atoms with Crippen LogP contribution in [0.5, 0.6) is 5.75 Å². The average molecular weight is 356 g/mol. The Bertz CT molecular complexity index is 910. The minimum Gasteiger partial charge on any atom is -0.467 e. The first kappa shape index (κ1) is 16.0. The largest absolute Gasteiger partial charge is 0.467 e. The molecule has 0 amide bonds. The zero-order valence-electron chi connectivity index (χ0n) is 14.5. The van der Waals surface area contributed by atoms with Gasteiger partial charge in [-0.2, -0.15) is 0 Å². The van der Waals surface area contributed by atoms with E-state index in [2.05, 4.69) is 11.0 Å². The van der Waals surface area contributed by atoms with Crippen molar-refractivity contribution in [2.24, 2.45) is 5.92 Å². The van der Waals surface area contributed by atoms with Gasteiger partial charge < -0.3 is 14.0 Å². The third-order valence-corrected chi connectivity index (χ3v) is 5.70. The zero-order valence-corrected chi connectivity index (χ0v) is 14.5. The summed E-state index contributed by atoms with van der Waals surface area (Å²) in [5, 5.41) is 0. The topological polar surface area (TPSA) is 43.7 Å². The number of hydrogen-bond acceptors (Lipinski definition) is 4. The minimum absolute atomic E-state index is 0.0956. The molecule has 1 saturated heterocycles. The van der Waals surface area contributed by atoms with Gasteiger partial charge in [-0.1, -0.05) is 6.07 Å². The van der Waals surface area contributed by atoms with Gasteiger partial charge in [0, 0.05) is 55.0 Å². The van der Waals surface area contributed by atoms with Crippen molar-refractivity contribution in [2.75, 3.05) is 19.9 Å². The summed E-state index contributed by atoms with van der Waals surface area (Å²) in [6, 6.07) is 8.62. The summed E-state index contributed by atoms with van der Waals surface area (Å²) in [4.78, 5) is 14.5. The van der Waals surface area contributed by atoms with E-state index in [0.717, 1.165) is 48.6 Å². The van der Waals surface area contributed by atoms with E-state index in [4.69, 9.17) is 9.47 Å². The van der Waals surface area contributed by atoms with Gasteiger partial charge in [0.1, 0.15) is 11.6 Å². The second-order valence-corrected chi connectivity index (χ2v) is 7.56. The minimum atomic E-state index is -0.248. The van der Waals surface area contributed by atoms with Gasteiger partial charge in [0.2, 0.25) is 0 Å². The molecule has 2 aromatic rings. The Morgan fingerprint density at radius 1 is 1.19 bits per heavy atom. The molecule has 2 atom stereocenters. The van der Waals surface area contributed by atoms with E-state index in [0.29, 0.717) is 25.0 Å². The second kappa shape index (κ2) is 6.21. The number of halogens is 1.